The first-order valence-corrected chi connectivity index (χ1v) is 8.80. The van der Waals surface area contributed by atoms with Crippen molar-refractivity contribution in [2.75, 3.05) is 19.6 Å². The van der Waals surface area contributed by atoms with Crippen LogP contribution in [0.3, 0.4) is 0 Å². The Bertz CT molecular complexity index is 612. The number of aliphatic hydroxyl groups is 1. The van der Waals surface area contributed by atoms with Crippen LogP contribution < -0.4 is 0 Å². The van der Waals surface area contributed by atoms with Crippen molar-refractivity contribution in [3.8, 4) is 0 Å². The molecule has 1 aromatic rings. The summed E-state index contributed by atoms with van der Waals surface area (Å²) in [6.07, 6.45) is -1.74. The third kappa shape index (κ3) is 5.62. The average Bonchev–Trinajstić information content (AvgIpc) is 2.58. The van der Waals surface area contributed by atoms with Gasteiger partial charge in [0.2, 0.25) is 0 Å². The molecule has 0 saturated carbocycles. The molecule has 1 N–H and O–H groups in total. The standard InChI is InChI=1S/C19H28N2O5/c1-14(22)16-12-20(17(23)26-19(2,3)4)10-11-21(16)18(24)25-13-15-8-6-5-7-9-15/h5-9,14,16,22H,10-13H2,1-4H3/t14-,16+/m1/s1. The second kappa shape index (κ2) is 8.40. The highest BCUT2D eigenvalue weighted by Crippen LogP contribution is 2.18. The Morgan fingerprint density at radius 3 is 2.42 bits per heavy atom. The number of piperazine rings is 1. The molecule has 1 fully saturated rings. The first-order chi connectivity index (χ1) is 12.2. The topological polar surface area (TPSA) is 79.3 Å². The summed E-state index contributed by atoms with van der Waals surface area (Å²) in [7, 11) is 0. The third-order valence-corrected chi connectivity index (χ3v) is 4.07. The number of hydrogen-bond donors (Lipinski definition) is 1. The molecular weight excluding hydrogens is 336 g/mol. The summed E-state index contributed by atoms with van der Waals surface area (Å²) in [6.45, 7) is 7.98. The van der Waals surface area contributed by atoms with E-state index in [1.165, 1.54) is 9.80 Å². The van der Waals surface area contributed by atoms with Crippen LogP contribution in [0.2, 0.25) is 0 Å². The van der Waals surface area contributed by atoms with E-state index in [1.807, 2.05) is 30.3 Å². The summed E-state index contributed by atoms with van der Waals surface area (Å²) in [5, 5.41) is 10.1. The molecule has 2 rings (SSSR count). The van der Waals surface area contributed by atoms with E-state index >= 15 is 0 Å². The van der Waals surface area contributed by atoms with Crippen LogP contribution >= 0.6 is 0 Å². The second-order valence-electron chi connectivity index (χ2n) is 7.47. The van der Waals surface area contributed by atoms with E-state index in [9.17, 15) is 14.7 Å². The highest BCUT2D eigenvalue weighted by Gasteiger charge is 2.37. The molecule has 0 radical (unpaired) electrons. The predicted molar refractivity (Wildman–Crippen MR) is 96.6 cm³/mol. The van der Waals surface area contributed by atoms with Crippen LogP contribution in [0.4, 0.5) is 9.59 Å². The van der Waals surface area contributed by atoms with Gasteiger partial charge in [0.25, 0.3) is 0 Å². The zero-order chi connectivity index (χ0) is 19.3. The van der Waals surface area contributed by atoms with Crippen molar-refractivity contribution in [1.82, 2.24) is 9.80 Å². The minimum Gasteiger partial charge on any atom is -0.445 e. The summed E-state index contributed by atoms with van der Waals surface area (Å²) in [6, 6.07) is 8.85. The fourth-order valence-corrected chi connectivity index (χ4v) is 2.74. The molecular formula is C19H28N2O5. The highest BCUT2D eigenvalue weighted by atomic mass is 16.6. The number of carbonyl (C=O) groups is 2. The van der Waals surface area contributed by atoms with Gasteiger partial charge in [0.15, 0.2) is 0 Å². The van der Waals surface area contributed by atoms with E-state index in [2.05, 4.69) is 0 Å². The van der Waals surface area contributed by atoms with Crippen LogP contribution in [0.15, 0.2) is 30.3 Å². The van der Waals surface area contributed by atoms with E-state index < -0.39 is 29.9 Å². The van der Waals surface area contributed by atoms with Gasteiger partial charge in [-0.05, 0) is 33.3 Å². The number of aliphatic hydroxyl groups excluding tert-OH is 1. The van der Waals surface area contributed by atoms with Gasteiger partial charge in [-0.1, -0.05) is 30.3 Å². The van der Waals surface area contributed by atoms with Crippen molar-refractivity contribution < 1.29 is 24.2 Å². The van der Waals surface area contributed by atoms with Crippen LogP contribution in [-0.2, 0) is 16.1 Å². The highest BCUT2D eigenvalue weighted by molar-refractivity contribution is 5.71. The molecule has 144 valence electrons. The molecule has 1 saturated heterocycles. The zero-order valence-corrected chi connectivity index (χ0v) is 15.8. The van der Waals surface area contributed by atoms with Crippen LogP contribution in [0.25, 0.3) is 0 Å². The summed E-state index contributed by atoms with van der Waals surface area (Å²) in [5.74, 6) is 0. The maximum absolute atomic E-state index is 12.4. The summed E-state index contributed by atoms with van der Waals surface area (Å²) in [5.41, 5.74) is 0.297. The molecule has 1 heterocycles. The van der Waals surface area contributed by atoms with Crippen molar-refractivity contribution in [1.29, 1.82) is 0 Å². The Morgan fingerprint density at radius 2 is 1.85 bits per heavy atom. The monoisotopic (exact) mass is 364 g/mol. The number of ether oxygens (including phenoxy) is 2. The Balaban J connectivity index is 1.97. The molecule has 2 atom stereocenters. The van der Waals surface area contributed by atoms with Gasteiger partial charge in [0.1, 0.15) is 12.2 Å². The van der Waals surface area contributed by atoms with Crippen LogP contribution in [0.5, 0.6) is 0 Å². The number of amides is 2. The summed E-state index contributed by atoms with van der Waals surface area (Å²) < 4.78 is 10.7. The maximum Gasteiger partial charge on any atom is 0.410 e. The Morgan fingerprint density at radius 1 is 1.19 bits per heavy atom. The number of hydrogen-bond acceptors (Lipinski definition) is 5. The number of benzene rings is 1. The molecule has 1 aliphatic rings. The van der Waals surface area contributed by atoms with Gasteiger partial charge < -0.3 is 19.5 Å². The van der Waals surface area contributed by atoms with Crippen molar-refractivity contribution in [3.05, 3.63) is 35.9 Å². The van der Waals surface area contributed by atoms with Crippen molar-refractivity contribution in [3.63, 3.8) is 0 Å². The SMILES string of the molecule is C[C@@H](O)[C@@H]1CN(C(=O)OC(C)(C)C)CCN1C(=O)OCc1ccccc1. The zero-order valence-electron chi connectivity index (χ0n) is 15.8. The molecule has 0 bridgehead atoms. The lowest BCUT2D eigenvalue weighted by atomic mass is 10.1. The summed E-state index contributed by atoms with van der Waals surface area (Å²) >= 11 is 0. The van der Waals surface area contributed by atoms with Crippen molar-refractivity contribution in [2.24, 2.45) is 0 Å². The molecule has 26 heavy (non-hydrogen) atoms. The van der Waals surface area contributed by atoms with E-state index in [0.29, 0.717) is 6.54 Å². The maximum atomic E-state index is 12.4. The molecule has 1 aliphatic heterocycles. The molecule has 0 aliphatic carbocycles. The molecule has 1 aromatic carbocycles. The average molecular weight is 364 g/mol. The molecule has 7 heteroatoms. The normalized spacial score (nSPS) is 19.0. The smallest absolute Gasteiger partial charge is 0.410 e. The van der Waals surface area contributed by atoms with Crippen LogP contribution in [-0.4, -0.2) is 64.5 Å². The Hall–Kier alpha value is -2.28. The predicted octanol–water partition coefficient (Wildman–Crippen LogP) is 2.63. The quantitative estimate of drug-likeness (QED) is 0.892. The van der Waals surface area contributed by atoms with Gasteiger partial charge in [-0.15, -0.1) is 0 Å². The van der Waals surface area contributed by atoms with Gasteiger partial charge >= 0.3 is 12.2 Å². The van der Waals surface area contributed by atoms with Crippen molar-refractivity contribution in [2.45, 2.75) is 52.0 Å². The molecule has 0 unspecified atom stereocenters. The van der Waals surface area contributed by atoms with Gasteiger partial charge in [-0.3, -0.25) is 4.90 Å². The van der Waals surface area contributed by atoms with E-state index in [1.54, 1.807) is 27.7 Å². The minimum atomic E-state index is -0.801. The summed E-state index contributed by atoms with van der Waals surface area (Å²) in [4.78, 5) is 27.7. The fraction of sp³-hybridized carbons (Fsp3) is 0.579. The largest absolute Gasteiger partial charge is 0.445 e. The molecule has 2 amide bonds. The first-order valence-electron chi connectivity index (χ1n) is 8.80. The fourth-order valence-electron chi connectivity index (χ4n) is 2.74. The Kier molecular flexibility index (Phi) is 6.47. The van der Waals surface area contributed by atoms with Gasteiger partial charge in [0, 0.05) is 19.6 Å². The number of carbonyl (C=O) groups excluding carboxylic acids is 2. The van der Waals surface area contributed by atoms with Crippen LogP contribution in [0.1, 0.15) is 33.3 Å². The lowest BCUT2D eigenvalue weighted by molar-refractivity contribution is -0.0212. The van der Waals surface area contributed by atoms with E-state index in [0.717, 1.165) is 5.56 Å². The van der Waals surface area contributed by atoms with E-state index in [4.69, 9.17) is 9.47 Å². The second-order valence-corrected chi connectivity index (χ2v) is 7.47. The molecule has 7 nitrogen and oxygen atoms in total. The van der Waals surface area contributed by atoms with Crippen molar-refractivity contribution >= 4 is 12.2 Å². The lowest BCUT2D eigenvalue weighted by Gasteiger charge is -2.42. The van der Waals surface area contributed by atoms with Crippen LogP contribution in [0, 0.1) is 0 Å². The molecule has 0 aromatic heterocycles. The molecule has 0 spiro atoms. The van der Waals surface area contributed by atoms with Gasteiger partial charge in [0.05, 0.1) is 12.1 Å². The first kappa shape index (κ1) is 20.0. The van der Waals surface area contributed by atoms with Gasteiger partial charge in [-0.2, -0.15) is 0 Å². The minimum absolute atomic E-state index is 0.165. The third-order valence-electron chi connectivity index (χ3n) is 4.07. The number of rotatable bonds is 3. The number of nitrogens with zero attached hydrogens (tertiary/aromatic N) is 2. The van der Waals surface area contributed by atoms with Gasteiger partial charge in [-0.25, -0.2) is 9.59 Å². The lowest BCUT2D eigenvalue weighted by Crippen LogP contribution is -2.60. The van der Waals surface area contributed by atoms with E-state index in [-0.39, 0.29) is 19.7 Å². The Labute approximate surface area is 154 Å².